The molecule has 0 N–H and O–H groups in total. The quantitative estimate of drug-likeness (QED) is 0.636. The average Bonchev–Trinajstić information content (AvgIpc) is 2.45. The summed E-state index contributed by atoms with van der Waals surface area (Å²) in [6.07, 6.45) is 0. The molecule has 0 aliphatic heterocycles. The van der Waals surface area contributed by atoms with Crippen LogP contribution in [-0.2, 0) is 5.41 Å². The Hall–Kier alpha value is -0.521. The molecule has 0 amide bonds. The number of hydrogen-bond acceptors (Lipinski definition) is 0. The van der Waals surface area contributed by atoms with Crippen LogP contribution in [0.2, 0.25) is 0 Å². The van der Waals surface area contributed by atoms with Gasteiger partial charge in [-0.2, -0.15) is 0 Å². The maximum absolute atomic E-state index is 2.40. The minimum atomic E-state index is 0.324. The Morgan fingerprint density at radius 1 is 0.938 bits per heavy atom. The zero-order valence-corrected chi connectivity index (χ0v) is 12.8. The van der Waals surface area contributed by atoms with Crippen LogP contribution in [0.3, 0.4) is 0 Å². The zero-order valence-electron chi connectivity index (χ0n) is 11.1. The molecule has 0 spiro atoms. The van der Waals surface area contributed by atoms with Crippen LogP contribution in [0.15, 0.2) is 12.1 Å². The molecule has 0 aliphatic rings. The Morgan fingerprint density at radius 3 is 2.06 bits per heavy atom. The van der Waals surface area contributed by atoms with E-state index in [1.807, 2.05) is 0 Å². The number of benzene rings is 1. The Balaban J connectivity index is 2.79. The van der Waals surface area contributed by atoms with Crippen LogP contribution in [0.4, 0.5) is 0 Å². The van der Waals surface area contributed by atoms with Crippen LogP contribution >= 0.6 is 0 Å². The van der Waals surface area contributed by atoms with Crippen LogP contribution < -0.4 is 0 Å². The molecule has 0 unspecified atom stereocenters. The Bertz CT molecular complexity index is 539. The predicted molar refractivity (Wildman–Crippen MR) is 73.8 cm³/mol. The second-order valence-electron chi connectivity index (χ2n) is 5.74. The summed E-state index contributed by atoms with van der Waals surface area (Å²) >= 11 is 0.538. The van der Waals surface area contributed by atoms with E-state index >= 15 is 0 Å². The molecule has 86 valence electrons. The third-order valence-electron chi connectivity index (χ3n) is 3.23. The molecule has 0 radical (unpaired) electrons. The SMILES string of the molecule is Cc1cc2[se]c(C(C)(C)C)c(C)c2cc1C. The van der Waals surface area contributed by atoms with Crippen molar-refractivity contribution in [3.8, 4) is 0 Å². The van der Waals surface area contributed by atoms with Crippen molar-refractivity contribution >= 4 is 24.1 Å². The van der Waals surface area contributed by atoms with Crippen molar-refractivity contribution in [3.63, 3.8) is 0 Å². The van der Waals surface area contributed by atoms with Gasteiger partial charge in [0.2, 0.25) is 0 Å². The van der Waals surface area contributed by atoms with Crippen LogP contribution in [0, 0.1) is 20.8 Å². The van der Waals surface area contributed by atoms with Gasteiger partial charge < -0.3 is 0 Å². The number of fused-ring (bicyclic) bond motifs is 1. The molecule has 2 rings (SSSR count). The average molecular weight is 279 g/mol. The Labute approximate surface area is 104 Å². The molecule has 0 saturated carbocycles. The van der Waals surface area contributed by atoms with Gasteiger partial charge in [-0.05, 0) is 0 Å². The molecule has 0 aliphatic carbocycles. The van der Waals surface area contributed by atoms with Crippen molar-refractivity contribution in [3.05, 3.63) is 33.3 Å². The molecule has 16 heavy (non-hydrogen) atoms. The van der Waals surface area contributed by atoms with Crippen molar-refractivity contribution in [1.29, 1.82) is 0 Å². The Morgan fingerprint density at radius 2 is 1.50 bits per heavy atom. The van der Waals surface area contributed by atoms with Gasteiger partial charge in [0.25, 0.3) is 0 Å². The van der Waals surface area contributed by atoms with E-state index in [1.165, 1.54) is 22.1 Å². The van der Waals surface area contributed by atoms with E-state index in [9.17, 15) is 0 Å². The van der Waals surface area contributed by atoms with Crippen LogP contribution in [0.5, 0.6) is 0 Å². The number of rotatable bonds is 0. The molecule has 1 aromatic heterocycles. The topological polar surface area (TPSA) is 0 Å². The number of aryl methyl sites for hydroxylation is 3. The fraction of sp³-hybridized carbons (Fsp3) is 0.467. The molecule has 1 heteroatoms. The molecule has 0 bridgehead atoms. The maximum atomic E-state index is 2.40. The first-order valence-corrected chi connectivity index (χ1v) is 7.53. The molecule has 0 saturated heterocycles. The van der Waals surface area contributed by atoms with Gasteiger partial charge >= 0.3 is 104 Å². The summed E-state index contributed by atoms with van der Waals surface area (Å²) in [4.78, 5) is 0. The van der Waals surface area contributed by atoms with Crippen molar-refractivity contribution in [2.45, 2.75) is 47.0 Å². The van der Waals surface area contributed by atoms with E-state index in [4.69, 9.17) is 0 Å². The first kappa shape index (κ1) is 12.0. The van der Waals surface area contributed by atoms with Gasteiger partial charge in [0.05, 0.1) is 0 Å². The summed E-state index contributed by atoms with van der Waals surface area (Å²) in [5.41, 5.74) is 4.71. The van der Waals surface area contributed by atoms with Gasteiger partial charge in [-0.1, -0.05) is 0 Å². The molecular weight excluding hydrogens is 259 g/mol. The van der Waals surface area contributed by atoms with E-state index in [1.54, 1.807) is 8.70 Å². The van der Waals surface area contributed by atoms with Crippen LogP contribution in [0.25, 0.3) is 9.65 Å². The third-order valence-corrected chi connectivity index (χ3v) is 6.76. The summed E-state index contributed by atoms with van der Waals surface area (Å²) in [5, 5.41) is 1.51. The molecule has 1 heterocycles. The summed E-state index contributed by atoms with van der Waals surface area (Å²) in [6, 6.07) is 4.77. The van der Waals surface area contributed by atoms with Crippen molar-refractivity contribution < 1.29 is 0 Å². The van der Waals surface area contributed by atoms with Gasteiger partial charge in [-0.25, -0.2) is 0 Å². The van der Waals surface area contributed by atoms with Gasteiger partial charge in [0, 0.05) is 0 Å². The summed E-state index contributed by atoms with van der Waals surface area (Å²) in [5.74, 6) is 0. The fourth-order valence-electron chi connectivity index (χ4n) is 2.19. The molecular formula is C15H20Se. The van der Waals surface area contributed by atoms with Gasteiger partial charge in [-0.15, -0.1) is 0 Å². The standard InChI is InChI=1S/C15H20Se/c1-9-7-12-11(3)14(15(4,5)6)16-13(12)8-10(9)2/h7-8H,1-6H3. The van der Waals surface area contributed by atoms with Gasteiger partial charge in [-0.3, -0.25) is 0 Å². The van der Waals surface area contributed by atoms with Gasteiger partial charge in [0.15, 0.2) is 0 Å². The Kier molecular flexibility index (Phi) is 2.80. The van der Waals surface area contributed by atoms with E-state index in [-0.39, 0.29) is 0 Å². The van der Waals surface area contributed by atoms with Crippen LogP contribution in [0.1, 0.15) is 41.9 Å². The van der Waals surface area contributed by atoms with E-state index < -0.39 is 0 Å². The van der Waals surface area contributed by atoms with E-state index in [0.29, 0.717) is 19.9 Å². The summed E-state index contributed by atoms with van der Waals surface area (Å²) in [6.45, 7) is 13.7. The molecule has 0 atom stereocenters. The summed E-state index contributed by atoms with van der Waals surface area (Å²) in [7, 11) is 0. The van der Waals surface area contributed by atoms with Crippen LogP contribution in [-0.4, -0.2) is 14.5 Å². The first-order valence-electron chi connectivity index (χ1n) is 5.81. The zero-order chi connectivity index (χ0) is 12.1. The molecule has 0 fully saturated rings. The fourth-order valence-corrected chi connectivity index (χ4v) is 5.02. The normalized spacial score (nSPS) is 12.4. The van der Waals surface area contributed by atoms with Gasteiger partial charge in [0.1, 0.15) is 0 Å². The predicted octanol–water partition coefficient (Wildman–Crippen LogP) is 4.12. The third kappa shape index (κ3) is 1.87. The number of hydrogen-bond donors (Lipinski definition) is 0. The molecule has 1 aromatic carbocycles. The summed E-state index contributed by atoms with van der Waals surface area (Å²) < 4.78 is 3.25. The van der Waals surface area contributed by atoms with E-state index in [0.717, 1.165) is 0 Å². The second-order valence-corrected chi connectivity index (χ2v) is 7.95. The van der Waals surface area contributed by atoms with Crippen molar-refractivity contribution in [2.24, 2.45) is 0 Å². The molecule has 0 nitrogen and oxygen atoms in total. The molecule has 2 aromatic rings. The van der Waals surface area contributed by atoms with Crippen molar-refractivity contribution in [2.75, 3.05) is 0 Å². The minimum absolute atomic E-state index is 0.324. The van der Waals surface area contributed by atoms with Crippen molar-refractivity contribution in [1.82, 2.24) is 0 Å². The van der Waals surface area contributed by atoms with E-state index in [2.05, 4.69) is 53.7 Å². The second kappa shape index (κ2) is 3.75. The first-order chi connectivity index (χ1) is 7.30. The monoisotopic (exact) mass is 280 g/mol.